The number of anilines is 1. The van der Waals surface area contributed by atoms with Gasteiger partial charge in [0, 0.05) is 0 Å². The van der Waals surface area contributed by atoms with Gasteiger partial charge >= 0.3 is 5.97 Å². The van der Waals surface area contributed by atoms with E-state index >= 15 is 0 Å². The van der Waals surface area contributed by atoms with Crippen LogP contribution in [0.3, 0.4) is 0 Å². The first-order valence-corrected chi connectivity index (χ1v) is 7.74. The molecule has 0 aromatic heterocycles. The zero-order valence-corrected chi connectivity index (χ0v) is 14.0. The zero-order valence-electron chi connectivity index (χ0n) is 14.0. The van der Waals surface area contributed by atoms with E-state index in [1.54, 1.807) is 24.3 Å². The Labute approximate surface area is 148 Å². The van der Waals surface area contributed by atoms with Crippen LogP contribution in [0.15, 0.2) is 42.5 Å². The molecule has 0 aliphatic rings. The molecule has 1 amide bonds. The number of hydrogen-bond acceptors (Lipinski definition) is 5. The fraction of sp³-hybridized carbons (Fsp3) is 0.222. The molecule has 0 unspecified atom stereocenters. The van der Waals surface area contributed by atoms with E-state index in [-0.39, 0.29) is 0 Å². The third-order valence-corrected chi connectivity index (χ3v) is 3.08. The van der Waals surface area contributed by atoms with Gasteiger partial charge in [-0.2, -0.15) is 0 Å². The lowest BCUT2D eigenvalue weighted by atomic mass is 10.3. The first-order valence-electron chi connectivity index (χ1n) is 7.74. The van der Waals surface area contributed by atoms with Gasteiger partial charge in [0.2, 0.25) is 0 Å². The van der Waals surface area contributed by atoms with Crippen molar-refractivity contribution in [2.75, 3.05) is 25.1 Å². The molecule has 6 nitrogen and oxygen atoms in total. The van der Waals surface area contributed by atoms with Crippen LogP contribution in [0.25, 0.3) is 0 Å². The SMILES string of the molecule is CCOc1ccc(OCC(=O)OCC(=O)Nc2c(F)cccc2F)cc1. The van der Waals surface area contributed by atoms with Gasteiger partial charge < -0.3 is 19.5 Å². The molecule has 0 atom stereocenters. The first kappa shape index (κ1) is 19.2. The fourth-order valence-corrected chi connectivity index (χ4v) is 1.92. The Balaban J connectivity index is 1.75. The van der Waals surface area contributed by atoms with Crippen molar-refractivity contribution in [1.82, 2.24) is 0 Å². The fourth-order valence-electron chi connectivity index (χ4n) is 1.92. The number of amides is 1. The van der Waals surface area contributed by atoms with Crippen molar-refractivity contribution in [3.05, 3.63) is 54.1 Å². The number of rotatable bonds is 8. The maximum absolute atomic E-state index is 13.4. The molecule has 0 aliphatic carbocycles. The highest BCUT2D eigenvalue weighted by molar-refractivity contribution is 5.93. The second-order valence-corrected chi connectivity index (χ2v) is 5.00. The number of para-hydroxylation sites is 1. The molecule has 0 aliphatic heterocycles. The maximum Gasteiger partial charge on any atom is 0.344 e. The maximum atomic E-state index is 13.4. The van der Waals surface area contributed by atoms with Gasteiger partial charge in [-0.1, -0.05) is 6.07 Å². The lowest BCUT2D eigenvalue weighted by Crippen LogP contribution is -2.24. The lowest BCUT2D eigenvalue weighted by Gasteiger charge is -2.09. The van der Waals surface area contributed by atoms with Crippen LogP contribution in [0.2, 0.25) is 0 Å². The molecule has 0 saturated heterocycles. The third-order valence-electron chi connectivity index (χ3n) is 3.08. The monoisotopic (exact) mass is 365 g/mol. The molecule has 0 spiro atoms. The van der Waals surface area contributed by atoms with E-state index in [9.17, 15) is 18.4 Å². The number of nitrogens with one attached hydrogen (secondary N) is 1. The van der Waals surface area contributed by atoms with Gasteiger partial charge in [-0.05, 0) is 43.3 Å². The van der Waals surface area contributed by atoms with Crippen molar-refractivity contribution in [3.8, 4) is 11.5 Å². The largest absolute Gasteiger partial charge is 0.494 e. The molecule has 2 aromatic rings. The van der Waals surface area contributed by atoms with Crippen LogP contribution in [0.4, 0.5) is 14.5 Å². The highest BCUT2D eigenvalue weighted by Gasteiger charge is 2.14. The molecule has 0 saturated carbocycles. The number of hydrogen-bond donors (Lipinski definition) is 1. The molecular formula is C18H17F2NO5. The smallest absolute Gasteiger partial charge is 0.344 e. The summed E-state index contributed by atoms with van der Waals surface area (Å²) in [6, 6.07) is 9.75. The normalized spacial score (nSPS) is 10.1. The van der Waals surface area contributed by atoms with E-state index in [1.807, 2.05) is 12.2 Å². The van der Waals surface area contributed by atoms with E-state index in [4.69, 9.17) is 14.2 Å². The van der Waals surface area contributed by atoms with Crippen molar-refractivity contribution in [2.24, 2.45) is 0 Å². The van der Waals surface area contributed by atoms with E-state index in [2.05, 4.69) is 0 Å². The van der Waals surface area contributed by atoms with Gasteiger partial charge in [0.1, 0.15) is 28.8 Å². The molecule has 2 rings (SSSR count). The highest BCUT2D eigenvalue weighted by atomic mass is 19.1. The summed E-state index contributed by atoms with van der Waals surface area (Å²) in [5, 5.41) is 2.00. The summed E-state index contributed by atoms with van der Waals surface area (Å²) in [7, 11) is 0. The van der Waals surface area contributed by atoms with E-state index in [0.717, 1.165) is 12.1 Å². The lowest BCUT2D eigenvalue weighted by molar-refractivity contribution is -0.149. The molecule has 1 N–H and O–H groups in total. The standard InChI is InChI=1S/C18H17F2NO5/c1-2-24-12-6-8-13(9-7-12)25-11-17(23)26-10-16(22)21-18-14(19)4-3-5-15(18)20/h3-9H,2,10-11H2,1H3,(H,21,22). The molecule has 0 heterocycles. The Kier molecular flexibility index (Phi) is 6.90. The highest BCUT2D eigenvalue weighted by Crippen LogP contribution is 2.18. The van der Waals surface area contributed by atoms with Crippen LogP contribution in [0, 0.1) is 11.6 Å². The van der Waals surface area contributed by atoms with Gasteiger partial charge in [-0.25, -0.2) is 13.6 Å². The van der Waals surface area contributed by atoms with Crippen LogP contribution >= 0.6 is 0 Å². The Hall–Kier alpha value is -3.16. The Bertz CT molecular complexity index is 744. The molecule has 138 valence electrons. The molecular weight excluding hydrogens is 348 g/mol. The predicted molar refractivity (Wildman–Crippen MR) is 89.1 cm³/mol. The van der Waals surface area contributed by atoms with E-state index < -0.39 is 42.4 Å². The zero-order chi connectivity index (χ0) is 18.9. The number of benzene rings is 2. The Morgan fingerprint density at radius 2 is 1.50 bits per heavy atom. The summed E-state index contributed by atoms with van der Waals surface area (Å²) in [5.41, 5.74) is -0.598. The van der Waals surface area contributed by atoms with Gasteiger partial charge in [0.15, 0.2) is 13.2 Å². The van der Waals surface area contributed by atoms with Crippen molar-refractivity contribution in [1.29, 1.82) is 0 Å². The summed E-state index contributed by atoms with van der Waals surface area (Å²) in [6.45, 7) is 1.27. The number of carbonyl (C=O) groups is 2. The van der Waals surface area contributed by atoms with Crippen molar-refractivity contribution in [2.45, 2.75) is 6.92 Å². The average Bonchev–Trinajstić information content (AvgIpc) is 2.63. The number of ether oxygens (including phenoxy) is 3. The van der Waals surface area contributed by atoms with Crippen molar-refractivity contribution < 1.29 is 32.6 Å². The minimum Gasteiger partial charge on any atom is -0.494 e. The quantitative estimate of drug-likeness (QED) is 0.728. The Morgan fingerprint density at radius 1 is 0.923 bits per heavy atom. The minimum atomic E-state index is -0.927. The van der Waals surface area contributed by atoms with Gasteiger partial charge in [0.25, 0.3) is 5.91 Å². The number of halogens is 2. The van der Waals surface area contributed by atoms with Gasteiger partial charge in [0.05, 0.1) is 6.61 Å². The summed E-state index contributed by atoms with van der Waals surface area (Å²) < 4.78 is 42.0. The van der Waals surface area contributed by atoms with E-state index in [1.165, 1.54) is 6.07 Å². The summed E-state index contributed by atoms with van der Waals surface area (Å²) >= 11 is 0. The van der Waals surface area contributed by atoms with Crippen LogP contribution < -0.4 is 14.8 Å². The topological polar surface area (TPSA) is 73.9 Å². The van der Waals surface area contributed by atoms with Crippen molar-refractivity contribution >= 4 is 17.6 Å². The van der Waals surface area contributed by atoms with Crippen LogP contribution in [0.5, 0.6) is 11.5 Å². The van der Waals surface area contributed by atoms with Gasteiger partial charge in [-0.3, -0.25) is 4.79 Å². The predicted octanol–water partition coefficient (Wildman–Crippen LogP) is 2.92. The summed E-state index contributed by atoms with van der Waals surface area (Å²) in [6.07, 6.45) is 0. The Morgan fingerprint density at radius 3 is 2.08 bits per heavy atom. The van der Waals surface area contributed by atoms with Crippen LogP contribution in [0.1, 0.15) is 6.92 Å². The second kappa shape index (κ2) is 9.36. The summed E-state index contributed by atoms with van der Waals surface area (Å²) in [4.78, 5) is 23.2. The molecule has 0 bridgehead atoms. The molecule has 0 fully saturated rings. The number of esters is 1. The average molecular weight is 365 g/mol. The molecule has 0 radical (unpaired) electrons. The molecule has 26 heavy (non-hydrogen) atoms. The minimum absolute atomic E-state index is 0.420. The van der Waals surface area contributed by atoms with Crippen LogP contribution in [-0.4, -0.2) is 31.7 Å². The first-order chi connectivity index (χ1) is 12.5. The summed E-state index contributed by atoms with van der Waals surface area (Å²) in [5.74, 6) is -2.44. The van der Waals surface area contributed by atoms with E-state index in [0.29, 0.717) is 18.1 Å². The molecule has 2 aromatic carbocycles. The number of carbonyl (C=O) groups excluding carboxylic acids is 2. The second-order valence-electron chi connectivity index (χ2n) is 5.00. The van der Waals surface area contributed by atoms with Gasteiger partial charge in [-0.15, -0.1) is 0 Å². The van der Waals surface area contributed by atoms with Crippen LogP contribution in [-0.2, 0) is 14.3 Å². The van der Waals surface area contributed by atoms with Crippen molar-refractivity contribution in [3.63, 3.8) is 0 Å². The third kappa shape index (κ3) is 5.73. The molecule has 8 heteroatoms.